The number of carbonyl (C=O) groups is 1. The predicted molar refractivity (Wildman–Crippen MR) is 83.5 cm³/mol. The van der Waals surface area contributed by atoms with Gasteiger partial charge in [0.1, 0.15) is 11.6 Å². The van der Waals surface area contributed by atoms with Crippen LogP contribution in [-0.4, -0.2) is 37.1 Å². The minimum absolute atomic E-state index is 0.155. The first-order valence-electron chi connectivity index (χ1n) is 7.65. The van der Waals surface area contributed by atoms with Crippen molar-refractivity contribution in [2.24, 2.45) is 5.92 Å². The van der Waals surface area contributed by atoms with Gasteiger partial charge in [0.05, 0.1) is 13.2 Å². The lowest BCUT2D eigenvalue weighted by atomic mass is 9.99. The smallest absolute Gasteiger partial charge is 0.264 e. The molecule has 1 fully saturated rings. The van der Waals surface area contributed by atoms with E-state index < -0.39 is 0 Å². The molecular weight excluding hydrogens is 264 g/mol. The van der Waals surface area contributed by atoms with Gasteiger partial charge >= 0.3 is 0 Å². The highest BCUT2D eigenvalue weighted by Crippen LogP contribution is 2.15. The highest BCUT2D eigenvalue weighted by Gasteiger charge is 2.20. The Kier molecular flexibility index (Phi) is 7.78. The van der Waals surface area contributed by atoms with Crippen molar-refractivity contribution in [1.29, 1.82) is 5.26 Å². The van der Waals surface area contributed by atoms with Crippen molar-refractivity contribution in [3.05, 3.63) is 23.3 Å². The van der Waals surface area contributed by atoms with E-state index in [1.54, 1.807) is 11.0 Å². The van der Waals surface area contributed by atoms with Gasteiger partial charge in [-0.25, -0.2) is 0 Å². The summed E-state index contributed by atoms with van der Waals surface area (Å²) in [7, 11) is 0. The molecule has 1 rings (SSSR count). The molecule has 1 saturated heterocycles. The lowest BCUT2D eigenvalue weighted by Gasteiger charge is -2.26. The van der Waals surface area contributed by atoms with Gasteiger partial charge in [0.25, 0.3) is 5.91 Å². The Morgan fingerprint density at radius 1 is 1.33 bits per heavy atom. The zero-order valence-electron chi connectivity index (χ0n) is 13.4. The van der Waals surface area contributed by atoms with Crippen LogP contribution in [0.2, 0.25) is 0 Å². The molecule has 0 aliphatic carbocycles. The van der Waals surface area contributed by atoms with Gasteiger partial charge in [-0.2, -0.15) is 5.26 Å². The minimum Gasteiger partial charge on any atom is -0.378 e. The molecule has 4 nitrogen and oxygen atoms in total. The normalized spacial score (nSPS) is 17.0. The maximum atomic E-state index is 12.2. The lowest BCUT2D eigenvalue weighted by molar-refractivity contribution is -0.130. The summed E-state index contributed by atoms with van der Waals surface area (Å²) in [5, 5.41) is 9.18. The molecule has 0 bridgehead atoms. The van der Waals surface area contributed by atoms with E-state index in [4.69, 9.17) is 4.74 Å². The molecule has 1 unspecified atom stereocenters. The van der Waals surface area contributed by atoms with E-state index in [1.807, 2.05) is 6.07 Å². The molecular formula is C17H26N2O2. The van der Waals surface area contributed by atoms with E-state index in [2.05, 4.69) is 26.8 Å². The number of nitriles is 1. The number of allylic oxidation sites excluding steroid dienone is 3. The summed E-state index contributed by atoms with van der Waals surface area (Å²) in [4.78, 5) is 13.9. The van der Waals surface area contributed by atoms with Crippen molar-refractivity contribution < 1.29 is 9.53 Å². The Balaban J connectivity index is 2.49. The average Bonchev–Trinajstić information content (AvgIpc) is 2.48. The number of rotatable bonds is 6. The van der Waals surface area contributed by atoms with E-state index in [9.17, 15) is 10.1 Å². The van der Waals surface area contributed by atoms with E-state index >= 15 is 0 Å². The average molecular weight is 290 g/mol. The van der Waals surface area contributed by atoms with E-state index in [-0.39, 0.29) is 11.5 Å². The fraction of sp³-hybridized carbons (Fsp3) is 0.647. The standard InChI is InChI=1S/C17H26N2O2/c1-14(2)5-4-6-15(3)7-8-16(13-18)17(20)19-9-11-21-12-10-19/h5,8,15H,4,6-7,9-12H2,1-3H3/b16-8+. The van der Waals surface area contributed by atoms with Crippen LogP contribution in [0.15, 0.2) is 23.3 Å². The molecule has 4 heteroatoms. The van der Waals surface area contributed by atoms with Crippen LogP contribution in [0.5, 0.6) is 0 Å². The number of ether oxygens (including phenoxy) is 1. The summed E-state index contributed by atoms with van der Waals surface area (Å²) in [5.41, 5.74) is 1.60. The lowest BCUT2D eigenvalue weighted by Crippen LogP contribution is -2.41. The molecule has 1 aliphatic heterocycles. The molecule has 0 spiro atoms. The summed E-state index contributed by atoms with van der Waals surface area (Å²) < 4.78 is 5.22. The van der Waals surface area contributed by atoms with Crippen LogP contribution >= 0.6 is 0 Å². The zero-order chi connectivity index (χ0) is 15.7. The van der Waals surface area contributed by atoms with E-state index in [1.165, 1.54) is 5.57 Å². The summed E-state index contributed by atoms with van der Waals surface area (Å²) in [6.45, 7) is 8.62. The second kappa shape index (κ2) is 9.36. The SMILES string of the molecule is CC(C)=CCCC(C)C/C=C(\C#N)C(=O)N1CCOCC1. The van der Waals surface area contributed by atoms with Crippen LogP contribution in [-0.2, 0) is 9.53 Å². The Morgan fingerprint density at radius 3 is 2.57 bits per heavy atom. The van der Waals surface area contributed by atoms with Gasteiger partial charge in [-0.3, -0.25) is 4.79 Å². The number of amides is 1. The first kappa shape index (κ1) is 17.5. The highest BCUT2D eigenvalue weighted by atomic mass is 16.5. The molecule has 1 heterocycles. The second-order valence-electron chi connectivity index (χ2n) is 5.83. The third-order valence-corrected chi connectivity index (χ3v) is 3.59. The Hall–Kier alpha value is -1.60. The predicted octanol–water partition coefficient (Wildman–Crippen LogP) is 3.07. The van der Waals surface area contributed by atoms with Crippen LogP contribution in [0.4, 0.5) is 0 Å². The molecule has 1 amide bonds. The summed E-state index contributed by atoms with van der Waals surface area (Å²) in [6, 6.07) is 2.05. The fourth-order valence-electron chi connectivity index (χ4n) is 2.21. The maximum absolute atomic E-state index is 12.2. The van der Waals surface area contributed by atoms with Crippen LogP contribution in [0.3, 0.4) is 0 Å². The largest absolute Gasteiger partial charge is 0.378 e. The van der Waals surface area contributed by atoms with Crippen molar-refractivity contribution >= 4 is 5.91 Å². The maximum Gasteiger partial charge on any atom is 0.264 e. The summed E-state index contributed by atoms with van der Waals surface area (Å²) in [5.74, 6) is 0.318. The Morgan fingerprint density at radius 2 is 2.00 bits per heavy atom. The van der Waals surface area contributed by atoms with Gasteiger partial charge in [-0.15, -0.1) is 0 Å². The monoisotopic (exact) mass is 290 g/mol. The van der Waals surface area contributed by atoms with Crippen molar-refractivity contribution in [1.82, 2.24) is 4.90 Å². The molecule has 1 atom stereocenters. The van der Waals surface area contributed by atoms with Crippen molar-refractivity contribution in [3.63, 3.8) is 0 Å². The quantitative estimate of drug-likeness (QED) is 0.429. The molecule has 116 valence electrons. The molecule has 0 N–H and O–H groups in total. The van der Waals surface area contributed by atoms with Crippen molar-refractivity contribution in [2.75, 3.05) is 26.3 Å². The summed E-state index contributed by atoms with van der Waals surface area (Å²) in [6.07, 6.45) is 6.92. The first-order valence-corrected chi connectivity index (χ1v) is 7.65. The van der Waals surface area contributed by atoms with E-state index in [0.717, 1.165) is 19.3 Å². The van der Waals surface area contributed by atoms with Crippen LogP contribution < -0.4 is 0 Å². The molecule has 0 radical (unpaired) electrons. The molecule has 0 aromatic rings. The molecule has 1 aliphatic rings. The molecule has 21 heavy (non-hydrogen) atoms. The van der Waals surface area contributed by atoms with Crippen LogP contribution in [0.25, 0.3) is 0 Å². The Labute approximate surface area is 128 Å². The third kappa shape index (κ3) is 6.59. The molecule has 0 aromatic heterocycles. The number of hydrogen-bond donors (Lipinski definition) is 0. The Bertz CT molecular complexity index is 436. The minimum atomic E-state index is -0.155. The van der Waals surface area contributed by atoms with Gasteiger partial charge in [-0.05, 0) is 39.0 Å². The van der Waals surface area contributed by atoms with Gasteiger partial charge in [0.15, 0.2) is 0 Å². The highest BCUT2D eigenvalue weighted by molar-refractivity contribution is 5.97. The van der Waals surface area contributed by atoms with E-state index in [0.29, 0.717) is 32.2 Å². The van der Waals surface area contributed by atoms with Gasteiger partial charge < -0.3 is 9.64 Å². The van der Waals surface area contributed by atoms with Crippen molar-refractivity contribution in [3.8, 4) is 6.07 Å². The number of carbonyl (C=O) groups excluding carboxylic acids is 1. The topological polar surface area (TPSA) is 53.3 Å². The zero-order valence-corrected chi connectivity index (χ0v) is 13.4. The van der Waals surface area contributed by atoms with Crippen molar-refractivity contribution in [2.45, 2.75) is 40.0 Å². The van der Waals surface area contributed by atoms with Crippen LogP contribution in [0.1, 0.15) is 40.0 Å². The summed E-state index contributed by atoms with van der Waals surface area (Å²) >= 11 is 0. The van der Waals surface area contributed by atoms with Crippen LogP contribution in [0, 0.1) is 17.2 Å². The number of nitrogens with zero attached hydrogens (tertiary/aromatic N) is 2. The first-order chi connectivity index (χ1) is 10.0. The number of morpholine rings is 1. The van der Waals surface area contributed by atoms with Gasteiger partial charge in [0.2, 0.25) is 0 Å². The molecule has 0 saturated carbocycles. The number of hydrogen-bond acceptors (Lipinski definition) is 3. The fourth-order valence-corrected chi connectivity index (χ4v) is 2.21. The third-order valence-electron chi connectivity index (χ3n) is 3.59. The second-order valence-corrected chi connectivity index (χ2v) is 5.83. The molecule has 0 aromatic carbocycles. The van der Waals surface area contributed by atoms with Gasteiger partial charge in [0, 0.05) is 13.1 Å². The van der Waals surface area contributed by atoms with Gasteiger partial charge in [-0.1, -0.05) is 24.6 Å².